The first kappa shape index (κ1) is 17.5. The van der Waals surface area contributed by atoms with E-state index in [9.17, 15) is 0 Å². The highest BCUT2D eigenvalue weighted by Crippen LogP contribution is 2.37. The topological polar surface area (TPSA) is 29.0 Å². The lowest BCUT2D eigenvalue weighted by Crippen LogP contribution is -2.17. The Morgan fingerprint density at radius 1 is 1.00 bits per heavy atom. The van der Waals surface area contributed by atoms with Gasteiger partial charge in [0.2, 0.25) is 0 Å². The molecule has 2 aromatic heterocycles. The summed E-state index contributed by atoms with van der Waals surface area (Å²) in [6.07, 6.45) is 1.14. The van der Waals surface area contributed by atoms with E-state index in [0.717, 1.165) is 36.5 Å². The molecule has 4 aromatic rings. The molecule has 4 heteroatoms. The van der Waals surface area contributed by atoms with Crippen molar-refractivity contribution in [3.05, 3.63) is 82.4 Å². The van der Waals surface area contributed by atoms with E-state index in [1.54, 1.807) is 0 Å². The number of nitrogens with zero attached hydrogens (tertiary/aromatic N) is 3. The van der Waals surface area contributed by atoms with Gasteiger partial charge in [0.25, 0.3) is 0 Å². The van der Waals surface area contributed by atoms with Crippen LogP contribution in [0.15, 0.2) is 60.0 Å². The molecule has 0 fully saturated rings. The van der Waals surface area contributed by atoms with Crippen molar-refractivity contribution in [2.75, 3.05) is 13.6 Å². The Kier molecular flexibility index (Phi) is 4.46. The fraction of sp³-hybridized carbons (Fsp3) is 0.250. The minimum Gasteiger partial charge on any atom is -0.302 e. The highest BCUT2D eigenvalue weighted by molar-refractivity contribution is 7.17. The van der Waals surface area contributed by atoms with E-state index in [4.69, 9.17) is 0 Å². The van der Waals surface area contributed by atoms with Crippen LogP contribution in [0.2, 0.25) is 0 Å². The molecule has 3 nitrogen and oxygen atoms in total. The average molecular weight is 386 g/mol. The van der Waals surface area contributed by atoms with Crippen LogP contribution >= 0.6 is 11.3 Å². The SMILES string of the molecule is Cc1ccc(-c2ccc3c(c2)CN(C)CCC3c2ccc3sccc3c2)nn1. The predicted molar refractivity (Wildman–Crippen MR) is 117 cm³/mol. The van der Waals surface area contributed by atoms with Gasteiger partial charge in [-0.05, 0) is 90.8 Å². The Labute approximate surface area is 169 Å². The fourth-order valence-corrected chi connectivity index (χ4v) is 4.99. The summed E-state index contributed by atoms with van der Waals surface area (Å²) in [4.78, 5) is 2.42. The third kappa shape index (κ3) is 3.23. The lowest BCUT2D eigenvalue weighted by atomic mass is 9.85. The number of hydrogen-bond donors (Lipinski definition) is 0. The number of aryl methyl sites for hydroxylation is 1. The van der Waals surface area contributed by atoms with Crippen LogP contribution in [0.4, 0.5) is 0 Å². The monoisotopic (exact) mass is 385 g/mol. The van der Waals surface area contributed by atoms with Gasteiger partial charge in [-0.15, -0.1) is 11.3 Å². The first-order valence-corrected chi connectivity index (χ1v) is 10.6. The second-order valence-corrected chi connectivity index (χ2v) is 8.72. The summed E-state index contributed by atoms with van der Waals surface area (Å²) in [6, 6.07) is 20.1. The van der Waals surface area contributed by atoms with Crippen molar-refractivity contribution >= 4 is 21.4 Å². The second-order valence-electron chi connectivity index (χ2n) is 7.77. The van der Waals surface area contributed by atoms with Gasteiger partial charge in [0.05, 0.1) is 11.4 Å². The standard InChI is InChI=1S/C24H23N3S/c1-16-3-7-23(26-25-16)18-4-6-21-20(14-18)15-27(2)11-9-22(21)17-5-8-24-19(13-17)10-12-28-24/h3-8,10,12-14,22H,9,11,15H2,1-2H3. The molecule has 1 aliphatic heterocycles. The fourth-order valence-electron chi connectivity index (χ4n) is 4.22. The maximum absolute atomic E-state index is 4.38. The number of aromatic nitrogens is 2. The van der Waals surface area contributed by atoms with Gasteiger partial charge in [-0.2, -0.15) is 10.2 Å². The molecule has 0 N–H and O–H groups in total. The number of thiophene rings is 1. The molecule has 0 saturated carbocycles. The van der Waals surface area contributed by atoms with Crippen molar-refractivity contribution in [2.24, 2.45) is 0 Å². The van der Waals surface area contributed by atoms with Crippen molar-refractivity contribution in [3.63, 3.8) is 0 Å². The molecule has 1 unspecified atom stereocenters. The van der Waals surface area contributed by atoms with Gasteiger partial charge in [-0.1, -0.05) is 18.2 Å². The van der Waals surface area contributed by atoms with E-state index < -0.39 is 0 Å². The van der Waals surface area contributed by atoms with E-state index >= 15 is 0 Å². The Bertz CT molecular complexity index is 1130. The van der Waals surface area contributed by atoms with Gasteiger partial charge >= 0.3 is 0 Å². The van der Waals surface area contributed by atoms with Gasteiger partial charge < -0.3 is 4.90 Å². The summed E-state index contributed by atoms with van der Waals surface area (Å²) >= 11 is 1.81. The van der Waals surface area contributed by atoms with Crippen LogP contribution in [-0.2, 0) is 6.54 Å². The van der Waals surface area contributed by atoms with Crippen molar-refractivity contribution in [3.8, 4) is 11.3 Å². The van der Waals surface area contributed by atoms with Crippen LogP contribution < -0.4 is 0 Å². The largest absolute Gasteiger partial charge is 0.302 e. The van der Waals surface area contributed by atoms with Gasteiger partial charge in [0.1, 0.15) is 0 Å². The maximum atomic E-state index is 4.38. The molecule has 0 aliphatic carbocycles. The molecule has 28 heavy (non-hydrogen) atoms. The zero-order valence-electron chi connectivity index (χ0n) is 16.2. The molecule has 140 valence electrons. The molecular formula is C24H23N3S. The third-order valence-electron chi connectivity index (χ3n) is 5.73. The van der Waals surface area contributed by atoms with Crippen LogP contribution in [0, 0.1) is 6.92 Å². The summed E-state index contributed by atoms with van der Waals surface area (Å²) in [5.41, 5.74) is 7.30. The minimum absolute atomic E-state index is 0.433. The van der Waals surface area contributed by atoms with Crippen LogP contribution in [0.3, 0.4) is 0 Å². The molecule has 1 atom stereocenters. The molecule has 0 amide bonds. The Morgan fingerprint density at radius 2 is 1.93 bits per heavy atom. The van der Waals surface area contributed by atoms with E-state index in [-0.39, 0.29) is 0 Å². The van der Waals surface area contributed by atoms with E-state index in [0.29, 0.717) is 5.92 Å². The lowest BCUT2D eigenvalue weighted by molar-refractivity contribution is 0.328. The number of hydrogen-bond acceptors (Lipinski definition) is 4. The van der Waals surface area contributed by atoms with E-state index in [1.807, 2.05) is 24.3 Å². The molecular weight excluding hydrogens is 362 g/mol. The van der Waals surface area contributed by atoms with Crippen molar-refractivity contribution in [2.45, 2.75) is 25.8 Å². The summed E-state index contributed by atoms with van der Waals surface area (Å²) < 4.78 is 1.36. The lowest BCUT2D eigenvalue weighted by Gasteiger charge is -2.19. The van der Waals surface area contributed by atoms with Crippen LogP contribution in [0.5, 0.6) is 0 Å². The molecule has 0 bridgehead atoms. The number of benzene rings is 2. The summed E-state index contributed by atoms with van der Waals surface area (Å²) in [5, 5.41) is 12.1. The second kappa shape index (κ2) is 7.12. The van der Waals surface area contributed by atoms with Gasteiger partial charge in [0.15, 0.2) is 0 Å². The normalized spacial score (nSPS) is 17.4. The molecule has 0 saturated heterocycles. The molecule has 5 rings (SSSR count). The molecule has 2 aromatic carbocycles. The van der Waals surface area contributed by atoms with Gasteiger partial charge in [-0.25, -0.2) is 0 Å². The molecule has 1 aliphatic rings. The van der Waals surface area contributed by atoms with Gasteiger partial charge in [0, 0.05) is 22.7 Å². The maximum Gasteiger partial charge on any atom is 0.0929 e. The highest BCUT2D eigenvalue weighted by Gasteiger charge is 2.23. The third-order valence-corrected chi connectivity index (χ3v) is 6.63. The number of rotatable bonds is 2. The summed E-state index contributed by atoms with van der Waals surface area (Å²) in [7, 11) is 2.21. The Hall–Kier alpha value is -2.56. The Balaban J connectivity index is 1.59. The van der Waals surface area contributed by atoms with Gasteiger partial charge in [-0.3, -0.25) is 0 Å². The zero-order chi connectivity index (χ0) is 19.1. The van der Waals surface area contributed by atoms with Crippen LogP contribution in [-0.4, -0.2) is 28.7 Å². The van der Waals surface area contributed by atoms with Crippen LogP contribution in [0.25, 0.3) is 21.3 Å². The summed E-state index contributed by atoms with van der Waals surface area (Å²) in [6.45, 7) is 4.04. The minimum atomic E-state index is 0.433. The molecule has 0 radical (unpaired) electrons. The van der Waals surface area contributed by atoms with Crippen molar-refractivity contribution in [1.82, 2.24) is 15.1 Å². The average Bonchev–Trinajstić information content (AvgIpc) is 3.10. The van der Waals surface area contributed by atoms with Crippen LogP contribution in [0.1, 0.15) is 34.7 Å². The predicted octanol–water partition coefficient (Wildman–Crippen LogP) is 5.63. The quantitative estimate of drug-likeness (QED) is 0.447. The van der Waals surface area contributed by atoms with E-state index in [1.165, 1.54) is 26.8 Å². The van der Waals surface area contributed by atoms with Crippen molar-refractivity contribution in [1.29, 1.82) is 0 Å². The molecule has 0 spiro atoms. The smallest absolute Gasteiger partial charge is 0.0929 e. The van der Waals surface area contributed by atoms with E-state index in [2.05, 4.69) is 76.1 Å². The zero-order valence-corrected chi connectivity index (χ0v) is 17.0. The summed E-state index contributed by atoms with van der Waals surface area (Å²) in [5.74, 6) is 0.433. The highest BCUT2D eigenvalue weighted by atomic mass is 32.1. The molecule has 3 heterocycles. The number of fused-ring (bicyclic) bond motifs is 2. The first-order valence-electron chi connectivity index (χ1n) is 9.76. The first-order chi connectivity index (χ1) is 13.7. The van der Waals surface area contributed by atoms with Crippen molar-refractivity contribution < 1.29 is 0 Å². The Morgan fingerprint density at radius 3 is 2.79 bits per heavy atom.